The van der Waals surface area contributed by atoms with Crippen LogP contribution in [0.5, 0.6) is 0 Å². The highest BCUT2D eigenvalue weighted by Gasteiger charge is 2.31. The molecule has 1 saturated heterocycles. The predicted molar refractivity (Wildman–Crippen MR) is 101 cm³/mol. The monoisotopic (exact) mass is 353 g/mol. The molecule has 7 nitrogen and oxygen atoms in total. The number of guanidine groups is 1. The van der Waals surface area contributed by atoms with Crippen LogP contribution in [0.15, 0.2) is 4.99 Å². The smallest absolute Gasteiger partial charge is 0.234 e. The minimum atomic E-state index is -0.614. The molecule has 1 amide bonds. The van der Waals surface area contributed by atoms with Gasteiger partial charge in [-0.15, -0.1) is 0 Å². The summed E-state index contributed by atoms with van der Waals surface area (Å²) < 4.78 is 0. The van der Waals surface area contributed by atoms with Gasteiger partial charge in [-0.25, -0.2) is 0 Å². The lowest BCUT2D eigenvalue weighted by Crippen LogP contribution is -2.54. The number of nitrogens with one attached hydrogen (secondary N) is 2. The third-order valence-electron chi connectivity index (χ3n) is 4.88. The minimum Gasteiger partial charge on any atom is -0.388 e. The van der Waals surface area contributed by atoms with E-state index in [9.17, 15) is 9.90 Å². The van der Waals surface area contributed by atoms with Crippen LogP contribution in [0.3, 0.4) is 0 Å². The van der Waals surface area contributed by atoms with E-state index in [2.05, 4.69) is 27.4 Å². The van der Waals surface area contributed by atoms with Gasteiger partial charge in [0, 0.05) is 38.8 Å². The van der Waals surface area contributed by atoms with Crippen molar-refractivity contribution in [2.45, 2.75) is 58.1 Å². The van der Waals surface area contributed by atoms with E-state index in [4.69, 9.17) is 4.99 Å². The van der Waals surface area contributed by atoms with E-state index < -0.39 is 5.60 Å². The Morgan fingerprint density at radius 2 is 1.84 bits per heavy atom. The number of hydrogen-bond acceptors (Lipinski definition) is 4. The normalized spacial score (nSPS) is 21.6. The lowest BCUT2D eigenvalue weighted by molar-refractivity contribution is -0.123. The fraction of sp³-hybridized carbons (Fsp3) is 0.889. The number of aliphatic hydroxyl groups is 1. The van der Waals surface area contributed by atoms with Crippen LogP contribution in [0.1, 0.15) is 46.5 Å². The zero-order valence-corrected chi connectivity index (χ0v) is 16.1. The van der Waals surface area contributed by atoms with Crippen molar-refractivity contribution in [3.05, 3.63) is 0 Å². The van der Waals surface area contributed by atoms with E-state index in [-0.39, 0.29) is 11.9 Å². The van der Waals surface area contributed by atoms with E-state index >= 15 is 0 Å². The molecule has 0 unspecified atom stereocenters. The molecular weight excluding hydrogens is 318 g/mol. The Kier molecular flexibility index (Phi) is 7.50. The highest BCUT2D eigenvalue weighted by Crippen LogP contribution is 2.29. The molecule has 0 aromatic heterocycles. The van der Waals surface area contributed by atoms with Gasteiger partial charge in [0.1, 0.15) is 0 Å². The van der Waals surface area contributed by atoms with Gasteiger partial charge in [-0.05, 0) is 33.6 Å². The SMILES string of the molecule is CCNC(=NCC1(O)CCCC1)N1CCN(CC(=O)NC(C)C)CC1. The van der Waals surface area contributed by atoms with Gasteiger partial charge in [0.05, 0.1) is 18.7 Å². The molecule has 1 aliphatic heterocycles. The number of carbonyl (C=O) groups excluding carboxylic acids is 1. The number of piperazine rings is 1. The zero-order valence-electron chi connectivity index (χ0n) is 16.1. The summed E-state index contributed by atoms with van der Waals surface area (Å²) in [4.78, 5) is 21.0. The maximum atomic E-state index is 11.9. The van der Waals surface area contributed by atoms with Crippen LogP contribution in [-0.2, 0) is 4.79 Å². The van der Waals surface area contributed by atoms with E-state index in [0.29, 0.717) is 13.1 Å². The number of carbonyl (C=O) groups is 1. The molecule has 25 heavy (non-hydrogen) atoms. The summed E-state index contributed by atoms with van der Waals surface area (Å²) in [6, 6.07) is 0.183. The second-order valence-electron chi connectivity index (χ2n) is 7.59. The van der Waals surface area contributed by atoms with Crippen molar-refractivity contribution in [3.8, 4) is 0 Å². The summed E-state index contributed by atoms with van der Waals surface area (Å²) in [5.41, 5.74) is -0.614. The molecule has 2 rings (SSSR count). The van der Waals surface area contributed by atoms with Crippen molar-refractivity contribution in [2.75, 3.05) is 45.8 Å². The van der Waals surface area contributed by atoms with Crippen molar-refractivity contribution in [1.82, 2.24) is 20.4 Å². The molecule has 0 spiro atoms. The summed E-state index contributed by atoms with van der Waals surface area (Å²) in [6.45, 7) is 11.2. The summed E-state index contributed by atoms with van der Waals surface area (Å²) in [5, 5.41) is 16.8. The summed E-state index contributed by atoms with van der Waals surface area (Å²) in [6.07, 6.45) is 3.91. The molecule has 1 saturated carbocycles. The summed E-state index contributed by atoms with van der Waals surface area (Å²) >= 11 is 0. The van der Waals surface area contributed by atoms with Crippen molar-refractivity contribution in [3.63, 3.8) is 0 Å². The molecule has 0 aromatic rings. The standard InChI is InChI=1S/C18H35N5O2/c1-4-19-17(20-14-18(25)7-5-6-8-18)23-11-9-22(10-12-23)13-16(24)21-15(2)3/h15,25H,4-14H2,1-3H3,(H,19,20)(H,21,24). The van der Waals surface area contributed by atoms with Gasteiger partial charge >= 0.3 is 0 Å². The van der Waals surface area contributed by atoms with Crippen molar-refractivity contribution in [2.24, 2.45) is 4.99 Å². The number of nitrogens with zero attached hydrogens (tertiary/aromatic N) is 3. The molecule has 1 heterocycles. The average Bonchev–Trinajstić information content (AvgIpc) is 2.98. The quantitative estimate of drug-likeness (QED) is 0.476. The van der Waals surface area contributed by atoms with E-state index in [1.165, 1.54) is 0 Å². The third kappa shape index (κ3) is 6.47. The minimum absolute atomic E-state index is 0.0903. The second-order valence-corrected chi connectivity index (χ2v) is 7.59. The predicted octanol–water partition coefficient (Wildman–Crippen LogP) is 0.399. The Morgan fingerprint density at radius 1 is 1.20 bits per heavy atom. The van der Waals surface area contributed by atoms with Gasteiger partial charge in [0.2, 0.25) is 5.91 Å². The Balaban J connectivity index is 1.84. The number of aliphatic imine (C=N–C) groups is 1. The fourth-order valence-electron chi connectivity index (χ4n) is 3.53. The van der Waals surface area contributed by atoms with Crippen molar-refractivity contribution >= 4 is 11.9 Å². The van der Waals surface area contributed by atoms with Crippen LogP contribution in [0.25, 0.3) is 0 Å². The molecule has 2 aliphatic rings. The average molecular weight is 354 g/mol. The van der Waals surface area contributed by atoms with Gasteiger partial charge in [-0.3, -0.25) is 14.7 Å². The lowest BCUT2D eigenvalue weighted by Gasteiger charge is -2.36. The van der Waals surface area contributed by atoms with Crippen LogP contribution in [-0.4, -0.2) is 84.2 Å². The van der Waals surface area contributed by atoms with Gasteiger partial charge in [0.15, 0.2) is 5.96 Å². The molecule has 3 N–H and O–H groups in total. The molecule has 7 heteroatoms. The van der Waals surface area contributed by atoms with Crippen molar-refractivity contribution < 1.29 is 9.90 Å². The third-order valence-corrected chi connectivity index (χ3v) is 4.88. The molecule has 1 aliphatic carbocycles. The molecule has 0 radical (unpaired) electrons. The molecular formula is C18H35N5O2. The maximum Gasteiger partial charge on any atom is 0.234 e. The maximum absolute atomic E-state index is 11.9. The first-order valence-electron chi connectivity index (χ1n) is 9.69. The van der Waals surface area contributed by atoms with E-state index in [1.54, 1.807) is 0 Å². The fourth-order valence-corrected chi connectivity index (χ4v) is 3.53. The summed E-state index contributed by atoms with van der Waals surface area (Å²) in [7, 11) is 0. The van der Waals surface area contributed by atoms with Crippen LogP contribution >= 0.6 is 0 Å². The summed E-state index contributed by atoms with van der Waals surface area (Å²) in [5.74, 6) is 0.974. The van der Waals surface area contributed by atoms with E-state index in [0.717, 1.165) is 64.4 Å². The zero-order chi connectivity index (χ0) is 18.3. The first-order valence-corrected chi connectivity index (χ1v) is 9.69. The molecule has 0 bridgehead atoms. The van der Waals surface area contributed by atoms with E-state index in [1.807, 2.05) is 13.8 Å². The number of amides is 1. The van der Waals surface area contributed by atoms with Crippen LogP contribution < -0.4 is 10.6 Å². The highest BCUT2D eigenvalue weighted by molar-refractivity contribution is 5.80. The van der Waals surface area contributed by atoms with Gasteiger partial charge in [-0.1, -0.05) is 12.8 Å². The molecule has 2 fully saturated rings. The Bertz CT molecular complexity index is 452. The Hall–Kier alpha value is -1.34. The lowest BCUT2D eigenvalue weighted by atomic mass is 10.0. The van der Waals surface area contributed by atoms with Crippen LogP contribution in [0, 0.1) is 0 Å². The van der Waals surface area contributed by atoms with Crippen molar-refractivity contribution in [1.29, 1.82) is 0 Å². The first kappa shape index (κ1) is 20.0. The van der Waals surface area contributed by atoms with Gasteiger partial charge in [-0.2, -0.15) is 0 Å². The number of hydrogen-bond donors (Lipinski definition) is 3. The largest absolute Gasteiger partial charge is 0.388 e. The van der Waals surface area contributed by atoms with Gasteiger partial charge < -0.3 is 20.6 Å². The van der Waals surface area contributed by atoms with Crippen LogP contribution in [0.2, 0.25) is 0 Å². The topological polar surface area (TPSA) is 80.2 Å². The second kappa shape index (κ2) is 9.38. The number of rotatable bonds is 6. The molecule has 144 valence electrons. The Morgan fingerprint density at radius 3 is 2.40 bits per heavy atom. The molecule has 0 atom stereocenters. The van der Waals surface area contributed by atoms with Gasteiger partial charge in [0.25, 0.3) is 0 Å². The van der Waals surface area contributed by atoms with Crippen LogP contribution in [0.4, 0.5) is 0 Å². The highest BCUT2D eigenvalue weighted by atomic mass is 16.3. The molecule has 0 aromatic carbocycles. The Labute approximate surface area is 151 Å². The first-order chi connectivity index (χ1) is 11.9.